The molecular weight excluding hydrogens is 517 g/mol. The van der Waals surface area contributed by atoms with Crippen molar-refractivity contribution >= 4 is 44.1 Å². The van der Waals surface area contributed by atoms with Gasteiger partial charge >= 0.3 is 10.2 Å². The molecule has 8 nitrogen and oxygen atoms in total. The first kappa shape index (κ1) is 26.9. The van der Waals surface area contributed by atoms with E-state index >= 15 is 0 Å². The van der Waals surface area contributed by atoms with Crippen molar-refractivity contribution in [3.63, 3.8) is 0 Å². The Morgan fingerprint density at radius 1 is 1.14 bits per heavy atom. The molecule has 1 heterocycles. The Kier molecular flexibility index (Phi) is 8.05. The third-order valence-corrected chi connectivity index (χ3v) is 8.46. The van der Waals surface area contributed by atoms with Gasteiger partial charge in [0.05, 0.1) is 28.2 Å². The zero-order valence-corrected chi connectivity index (χ0v) is 22.3. The summed E-state index contributed by atoms with van der Waals surface area (Å²) in [6.07, 6.45) is -0.171. The number of aromatic hydroxyl groups is 1. The van der Waals surface area contributed by atoms with Gasteiger partial charge in [0, 0.05) is 48.7 Å². The van der Waals surface area contributed by atoms with E-state index in [0.717, 1.165) is 17.4 Å². The molecule has 0 radical (unpaired) electrons. The number of benzene rings is 3. The summed E-state index contributed by atoms with van der Waals surface area (Å²) in [4.78, 5) is 2.41. The van der Waals surface area contributed by atoms with Crippen LogP contribution < -0.4 is 14.4 Å². The first-order valence-corrected chi connectivity index (χ1v) is 14.2. The normalized spacial score (nSPS) is 14.8. The van der Waals surface area contributed by atoms with E-state index in [1.54, 1.807) is 42.5 Å². The summed E-state index contributed by atoms with van der Waals surface area (Å²) in [6.45, 7) is 8.41. The largest absolute Gasteiger partial charge is 0.512 e. The molecule has 4 rings (SSSR count). The first-order valence-electron chi connectivity index (χ1n) is 11.8. The molecular formula is C26H30FN3O5S2. The number of phenolic OH excluding ortho intramolecular Hbond substituents is 1. The summed E-state index contributed by atoms with van der Waals surface area (Å²) in [5, 5.41) is 21.2. The number of aliphatic hydroxyl groups excluding tert-OH is 1. The van der Waals surface area contributed by atoms with Crippen LogP contribution in [-0.2, 0) is 10.2 Å². The van der Waals surface area contributed by atoms with Crippen LogP contribution in [0.4, 0.5) is 15.8 Å². The number of fused-ring (bicyclic) bond motifs is 1. The molecule has 1 fully saturated rings. The number of hydrogen-bond donors (Lipinski definition) is 3. The Bertz CT molecular complexity index is 1410. The second-order valence-electron chi connectivity index (χ2n) is 8.95. The summed E-state index contributed by atoms with van der Waals surface area (Å²) in [5.41, 5.74) is 1.09. The lowest BCUT2D eigenvalue weighted by molar-refractivity contribution is 0.231. The van der Waals surface area contributed by atoms with E-state index in [2.05, 4.69) is 11.3 Å². The van der Waals surface area contributed by atoms with Crippen molar-refractivity contribution in [2.75, 3.05) is 41.6 Å². The lowest BCUT2D eigenvalue weighted by Gasteiger charge is -2.35. The molecule has 3 N–H and O–H groups in total. The third kappa shape index (κ3) is 6.23. The van der Waals surface area contributed by atoms with Gasteiger partial charge in [-0.2, -0.15) is 12.7 Å². The molecule has 0 saturated carbocycles. The number of thioether (sulfide) groups is 1. The quantitative estimate of drug-likeness (QED) is 0.194. The van der Waals surface area contributed by atoms with Crippen LogP contribution in [0.25, 0.3) is 10.8 Å². The molecule has 1 aliphatic rings. The van der Waals surface area contributed by atoms with Crippen LogP contribution in [0.2, 0.25) is 0 Å². The van der Waals surface area contributed by atoms with Gasteiger partial charge in [-0.05, 0) is 32.0 Å². The molecule has 0 spiro atoms. The number of hydrogen-bond acceptors (Lipinski definition) is 7. The Morgan fingerprint density at radius 3 is 2.46 bits per heavy atom. The summed E-state index contributed by atoms with van der Waals surface area (Å²) in [5.74, 6) is -0.153. The topological polar surface area (TPSA) is 102 Å². The number of aliphatic hydroxyl groups is 1. The monoisotopic (exact) mass is 547 g/mol. The number of nitrogens with zero attached hydrogens (tertiary/aromatic N) is 2. The molecule has 11 heteroatoms. The maximum atomic E-state index is 14.1. The Hall–Kier alpha value is -3.15. The van der Waals surface area contributed by atoms with Gasteiger partial charge in [0.1, 0.15) is 5.75 Å². The minimum Gasteiger partial charge on any atom is -0.512 e. The zero-order chi connectivity index (χ0) is 26.7. The van der Waals surface area contributed by atoms with Crippen molar-refractivity contribution in [2.45, 2.75) is 24.8 Å². The number of anilines is 2. The zero-order valence-electron chi connectivity index (χ0n) is 20.6. The van der Waals surface area contributed by atoms with E-state index < -0.39 is 16.0 Å². The number of halogens is 1. The summed E-state index contributed by atoms with van der Waals surface area (Å²) >= 11 is 1.16. The fourth-order valence-electron chi connectivity index (χ4n) is 4.11. The number of piperazine rings is 1. The maximum absolute atomic E-state index is 14.1. The first-order chi connectivity index (χ1) is 17.5. The van der Waals surface area contributed by atoms with E-state index in [1.165, 1.54) is 10.4 Å². The van der Waals surface area contributed by atoms with Gasteiger partial charge in [-0.3, -0.25) is 4.72 Å². The summed E-state index contributed by atoms with van der Waals surface area (Å²) < 4.78 is 50.3. The second kappa shape index (κ2) is 11.1. The average Bonchev–Trinajstić information content (AvgIpc) is 2.86. The number of nitrogens with one attached hydrogen (secondary N) is 1. The second-order valence-corrected chi connectivity index (χ2v) is 11.6. The molecule has 1 saturated heterocycles. The van der Waals surface area contributed by atoms with E-state index in [9.17, 15) is 23.0 Å². The molecule has 198 valence electrons. The molecule has 0 atom stereocenters. The van der Waals surface area contributed by atoms with Crippen molar-refractivity contribution in [3.05, 3.63) is 66.7 Å². The van der Waals surface area contributed by atoms with Gasteiger partial charge in [0.2, 0.25) is 0 Å². The molecule has 0 aliphatic carbocycles. The molecule has 3 aromatic carbocycles. The molecule has 0 bridgehead atoms. The fourth-order valence-corrected chi connectivity index (χ4v) is 6.10. The lowest BCUT2D eigenvalue weighted by Crippen LogP contribution is -2.50. The van der Waals surface area contributed by atoms with Gasteiger partial charge in [0.25, 0.3) is 0 Å². The van der Waals surface area contributed by atoms with Gasteiger partial charge in [-0.15, -0.1) is 11.8 Å². The van der Waals surface area contributed by atoms with Crippen molar-refractivity contribution < 1.29 is 27.8 Å². The molecule has 0 aromatic heterocycles. The van der Waals surface area contributed by atoms with Gasteiger partial charge in [-0.1, -0.05) is 30.8 Å². The van der Waals surface area contributed by atoms with Crippen molar-refractivity contribution in [3.8, 4) is 11.5 Å². The van der Waals surface area contributed by atoms with Gasteiger partial charge in [-0.25, -0.2) is 4.39 Å². The van der Waals surface area contributed by atoms with Crippen molar-refractivity contribution in [1.29, 1.82) is 0 Å². The third-order valence-electron chi connectivity index (χ3n) is 5.84. The Morgan fingerprint density at radius 2 is 1.81 bits per heavy atom. The number of rotatable bonds is 9. The van der Waals surface area contributed by atoms with Crippen LogP contribution >= 0.6 is 11.8 Å². The number of phenols is 1. The molecule has 0 unspecified atom stereocenters. The van der Waals surface area contributed by atoms with E-state index in [0.29, 0.717) is 34.4 Å². The maximum Gasteiger partial charge on any atom is 0.301 e. The average molecular weight is 548 g/mol. The highest BCUT2D eigenvalue weighted by Crippen LogP contribution is 2.40. The Balaban J connectivity index is 1.52. The predicted octanol–water partition coefficient (Wildman–Crippen LogP) is 5.11. The van der Waals surface area contributed by atoms with Crippen LogP contribution in [-0.4, -0.2) is 61.0 Å². The standard InChI is InChI=1S/C26H30FN3O5S2/c1-17(2)35-24-14-19(8-9-22(24)27)29-10-12-30(13-11-29)37(33,34)28-23-15-25(36-16-18(3)31)26(32)21-7-5-4-6-20(21)23/h4-9,14-15,17,28,31-32H,3,10-13,16H2,1-2H3. The minimum absolute atomic E-state index is 0.0125. The highest BCUT2D eigenvalue weighted by atomic mass is 32.2. The predicted molar refractivity (Wildman–Crippen MR) is 147 cm³/mol. The molecule has 1 aliphatic heterocycles. The Labute approximate surface area is 220 Å². The van der Waals surface area contributed by atoms with Crippen LogP contribution in [0.5, 0.6) is 11.5 Å². The van der Waals surface area contributed by atoms with Crippen LogP contribution in [0.3, 0.4) is 0 Å². The lowest BCUT2D eigenvalue weighted by atomic mass is 10.1. The van der Waals surface area contributed by atoms with Crippen molar-refractivity contribution in [2.24, 2.45) is 0 Å². The van der Waals surface area contributed by atoms with Crippen LogP contribution in [0.1, 0.15) is 13.8 Å². The summed E-state index contributed by atoms with van der Waals surface area (Å²) in [6, 6.07) is 13.2. The smallest absolute Gasteiger partial charge is 0.301 e. The van der Waals surface area contributed by atoms with Crippen LogP contribution in [0.15, 0.2) is 65.8 Å². The molecule has 3 aromatic rings. The minimum atomic E-state index is -3.91. The highest BCUT2D eigenvalue weighted by molar-refractivity contribution is 7.99. The fraction of sp³-hybridized carbons (Fsp3) is 0.308. The van der Waals surface area contributed by atoms with E-state index in [1.807, 2.05) is 18.7 Å². The SMILES string of the molecule is C=C(O)CSc1cc(NS(=O)(=O)N2CCN(c3ccc(F)c(OC(C)C)c3)CC2)c2ccccc2c1O. The summed E-state index contributed by atoms with van der Waals surface area (Å²) in [7, 11) is -3.91. The van der Waals surface area contributed by atoms with Gasteiger partial charge < -0.3 is 19.8 Å². The van der Waals surface area contributed by atoms with Crippen LogP contribution in [0, 0.1) is 5.82 Å². The van der Waals surface area contributed by atoms with Crippen molar-refractivity contribution in [1.82, 2.24) is 4.31 Å². The molecule has 37 heavy (non-hydrogen) atoms. The van der Waals surface area contributed by atoms with E-state index in [-0.39, 0.29) is 42.2 Å². The highest BCUT2D eigenvalue weighted by Gasteiger charge is 2.28. The van der Waals surface area contributed by atoms with Gasteiger partial charge in [0.15, 0.2) is 11.6 Å². The molecule has 0 amide bonds. The number of ether oxygens (including phenoxy) is 1. The van der Waals surface area contributed by atoms with E-state index in [4.69, 9.17) is 4.74 Å².